The number of carbonyl (C=O) groups is 1. The number of hydrogen-bond donors (Lipinski definition) is 0. The average molecular weight is 351 g/mol. The van der Waals surface area contributed by atoms with E-state index < -0.39 is 0 Å². The number of nitriles is 1. The summed E-state index contributed by atoms with van der Waals surface area (Å²) in [6, 6.07) is 17.1. The average Bonchev–Trinajstić information content (AvgIpc) is 2.92. The van der Waals surface area contributed by atoms with E-state index in [9.17, 15) is 9.18 Å². The normalized spacial score (nSPS) is 16.7. The second kappa shape index (κ2) is 7.32. The number of thioether (sulfide) groups is 1. The Balaban J connectivity index is 2.00. The van der Waals surface area contributed by atoms with Crippen molar-refractivity contribution in [1.29, 1.82) is 5.26 Å². The summed E-state index contributed by atoms with van der Waals surface area (Å²) in [4.78, 5) is 18.6. The number of anilines is 1. The highest BCUT2D eigenvalue weighted by molar-refractivity contribution is 8.15. The van der Waals surface area contributed by atoms with Crippen molar-refractivity contribution >= 4 is 34.6 Å². The van der Waals surface area contributed by atoms with Crippen LogP contribution in [0.2, 0.25) is 0 Å². The number of aliphatic imine (C=N–C) groups is 1. The zero-order valence-electron chi connectivity index (χ0n) is 13.4. The van der Waals surface area contributed by atoms with E-state index in [0.29, 0.717) is 10.9 Å². The maximum atomic E-state index is 13.2. The fourth-order valence-electron chi connectivity index (χ4n) is 2.28. The van der Waals surface area contributed by atoms with E-state index in [1.165, 1.54) is 40.9 Å². The molecule has 0 saturated heterocycles. The van der Waals surface area contributed by atoms with E-state index in [2.05, 4.69) is 11.1 Å². The molecule has 0 unspecified atom stereocenters. The molecule has 1 heterocycles. The van der Waals surface area contributed by atoms with E-state index >= 15 is 0 Å². The number of amidine groups is 1. The summed E-state index contributed by atoms with van der Waals surface area (Å²) in [6.07, 6.45) is 1.70. The predicted octanol–water partition coefficient (Wildman–Crippen LogP) is 4.21. The quantitative estimate of drug-likeness (QED) is 0.778. The molecule has 0 bridgehead atoms. The van der Waals surface area contributed by atoms with Gasteiger partial charge in [0, 0.05) is 0 Å². The van der Waals surface area contributed by atoms with Gasteiger partial charge in [-0.2, -0.15) is 5.26 Å². The monoisotopic (exact) mass is 351 g/mol. The molecular weight excluding hydrogens is 337 g/mol. The molecule has 1 amide bonds. The molecule has 124 valence electrons. The topological polar surface area (TPSA) is 56.5 Å². The van der Waals surface area contributed by atoms with Gasteiger partial charge in [0.2, 0.25) is 0 Å². The fraction of sp³-hybridized carbons (Fsp3) is 0.105. The first-order valence-electron chi connectivity index (χ1n) is 7.60. The van der Waals surface area contributed by atoms with E-state index in [-0.39, 0.29) is 22.7 Å². The second-order valence-electron chi connectivity index (χ2n) is 5.34. The van der Waals surface area contributed by atoms with Gasteiger partial charge in [0.1, 0.15) is 11.5 Å². The van der Waals surface area contributed by atoms with Crippen molar-refractivity contribution in [2.45, 2.75) is 12.2 Å². The third-order valence-electron chi connectivity index (χ3n) is 3.48. The Bertz CT molecular complexity index is 885. The van der Waals surface area contributed by atoms with Gasteiger partial charge in [-0.25, -0.2) is 9.38 Å². The Hall–Kier alpha value is -2.91. The van der Waals surface area contributed by atoms with Gasteiger partial charge >= 0.3 is 0 Å². The van der Waals surface area contributed by atoms with Crippen LogP contribution in [0.15, 0.2) is 65.3 Å². The summed E-state index contributed by atoms with van der Waals surface area (Å²) in [7, 11) is 0. The highest BCUT2D eigenvalue weighted by Gasteiger charge is 2.33. The Morgan fingerprint density at radius 3 is 2.52 bits per heavy atom. The predicted molar refractivity (Wildman–Crippen MR) is 98.4 cm³/mol. The molecule has 0 N–H and O–H groups in total. The molecule has 0 fully saturated rings. The molecule has 2 aromatic carbocycles. The molecular formula is C19H14FN3OS. The molecule has 0 saturated carbocycles. The van der Waals surface area contributed by atoms with Crippen molar-refractivity contribution in [2.75, 3.05) is 4.90 Å². The molecule has 0 aromatic heterocycles. The van der Waals surface area contributed by atoms with Gasteiger partial charge in [0.25, 0.3) is 5.91 Å². The highest BCUT2D eigenvalue weighted by Crippen LogP contribution is 2.31. The molecule has 1 aliphatic rings. The van der Waals surface area contributed by atoms with E-state index in [1.54, 1.807) is 13.0 Å². The number of hydrogen-bond acceptors (Lipinski definition) is 4. The van der Waals surface area contributed by atoms with Crippen LogP contribution >= 0.6 is 11.8 Å². The molecule has 0 spiro atoms. The Morgan fingerprint density at radius 1 is 1.20 bits per heavy atom. The van der Waals surface area contributed by atoms with Crippen molar-refractivity contribution in [1.82, 2.24) is 0 Å². The van der Waals surface area contributed by atoms with Crippen molar-refractivity contribution in [3.63, 3.8) is 0 Å². The minimum Gasteiger partial charge on any atom is -0.266 e. The fourth-order valence-corrected chi connectivity index (χ4v) is 3.10. The molecule has 1 aliphatic heterocycles. The maximum absolute atomic E-state index is 13.2. The first-order chi connectivity index (χ1) is 12.1. The maximum Gasteiger partial charge on any atom is 0.283 e. The Kier molecular flexibility index (Phi) is 4.96. The minimum atomic E-state index is -0.382. The standard InChI is InChI=1S/C19H14FN3OS/c1-13(12-21)25-19-22-17(11-14-5-3-2-4-6-14)18(24)23(19)16-9-7-15(20)8-10-16/h2-11,13H,1H3/b17-11-/t13-/m1/s1. The Labute approximate surface area is 149 Å². The summed E-state index contributed by atoms with van der Waals surface area (Å²) < 4.78 is 13.2. The molecule has 0 aliphatic carbocycles. The van der Waals surface area contributed by atoms with Gasteiger partial charge in [0.15, 0.2) is 5.17 Å². The molecule has 6 heteroatoms. The number of rotatable bonds is 3. The smallest absolute Gasteiger partial charge is 0.266 e. The molecule has 3 rings (SSSR count). The van der Waals surface area contributed by atoms with Crippen LogP contribution < -0.4 is 4.90 Å². The lowest BCUT2D eigenvalue weighted by atomic mass is 10.2. The third-order valence-corrected chi connectivity index (χ3v) is 4.43. The SMILES string of the molecule is C[C@H](C#N)SC1=N/C(=C\c2ccccc2)C(=O)N1c1ccc(F)cc1. The largest absolute Gasteiger partial charge is 0.283 e. The van der Waals surface area contributed by atoms with E-state index in [4.69, 9.17) is 5.26 Å². The summed E-state index contributed by atoms with van der Waals surface area (Å²) >= 11 is 1.19. The molecule has 25 heavy (non-hydrogen) atoms. The molecule has 1 atom stereocenters. The van der Waals surface area contributed by atoms with Gasteiger partial charge in [-0.1, -0.05) is 42.1 Å². The number of benzene rings is 2. The summed E-state index contributed by atoms with van der Waals surface area (Å²) in [5.41, 5.74) is 1.65. The van der Waals surface area contributed by atoms with E-state index in [0.717, 1.165) is 5.56 Å². The van der Waals surface area contributed by atoms with Crippen LogP contribution in [0.25, 0.3) is 6.08 Å². The first-order valence-corrected chi connectivity index (χ1v) is 8.48. The summed E-state index contributed by atoms with van der Waals surface area (Å²) in [6.45, 7) is 1.74. The lowest BCUT2D eigenvalue weighted by Crippen LogP contribution is -2.31. The van der Waals surface area contributed by atoms with Crippen LogP contribution in [0, 0.1) is 17.1 Å². The van der Waals surface area contributed by atoms with Gasteiger partial charge in [-0.05, 0) is 42.8 Å². The van der Waals surface area contributed by atoms with Crippen LogP contribution in [-0.2, 0) is 4.79 Å². The Morgan fingerprint density at radius 2 is 1.88 bits per heavy atom. The van der Waals surface area contributed by atoms with Crippen LogP contribution in [-0.4, -0.2) is 16.3 Å². The number of halogens is 1. The molecule has 0 radical (unpaired) electrons. The summed E-state index contributed by atoms with van der Waals surface area (Å²) in [5, 5.41) is 9.10. The lowest BCUT2D eigenvalue weighted by molar-refractivity contribution is -0.113. The highest BCUT2D eigenvalue weighted by atomic mass is 32.2. The van der Waals surface area contributed by atoms with Gasteiger partial charge in [-0.3, -0.25) is 9.69 Å². The van der Waals surface area contributed by atoms with Crippen LogP contribution in [0.3, 0.4) is 0 Å². The van der Waals surface area contributed by atoms with Gasteiger partial charge in [0.05, 0.1) is 17.0 Å². The zero-order valence-corrected chi connectivity index (χ0v) is 14.2. The first kappa shape index (κ1) is 16.9. The van der Waals surface area contributed by atoms with Gasteiger partial charge < -0.3 is 0 Å². The van der Waals surface area contributed by atoms with Crippen LogP contribution in [0.5, 0.6) is 0 Å². The van der Waals surface area contributed by atoms with E-state index in [1.807, 2.05) is 30.3 Å². The third kappa shape index (κ3) is 3.78. The van der Waals surface area contributed by atoms with Crippen molar-refractivity contribution in [3.8, 4) is 6.07 Å². The lowest BCUT2D eigenvalue weighted by Gasteiger charge is -2.18. The second-order valence-corrected chi connectivity index (χ2v) is 6.65. The molecule has 2 aromatic rings. The molecule has 4 nitrogen and oxygen atoms in total. The van der Waals surface area contributed by atoms with Gasteiger partial charge in [-0.15, -0.1) is 0 Å². The number of amides is 1. The van der Waals surface area contributed by atoms with Crippen LogP contribution in [0.4, 0.5) is 10.1 Å². The number of carbonyl (C=O) groups excluding carboxylic acids is 1. The minimum absolute atomic E-state index is 0.281. The van der Waals surface area contributed by atoms with Crippen molar-refractivity contribution in [3.05, 3.63) is 71.7 Å². The van der Waals surface area contributed by atoms with Crippen molar-refractivity contribution in [2.24, 2.45) is 4.99 Å². The van der Waals surface area contributed by atoms with Crippen LogP contribution in [0.1, 0.15) is 12.5 Å². The zero-order chi connectivity index (χ0) is 17.8. The van der Waals surface area contributed by atoms with Crippen molar-refractivity contribution < 1.29 is 9.18 Å². The summed E-state index contributed by atoms with van der Waals surface area (Å²) in [5.74, 6) is -0.685. The number of nitrogens with zero attached hydrogens (tertiary/aromatic N) is 3.